The maximum absolute atomic E-state index is 5.57. The number of nitrogens with zero attached hydrogens (tertiary/aromatic N) is 1. The molecule has 0 aromatic heterocycles. The molecule has 0 saturated carbocycles. The van der Waals surface area contributed by atoms with Crippen molar-refractivity contribution in [2.45, 2.75) is 52.3 Å². The van der Waals surface area contributed by atoms with E-state index in [1.807, 2.05) is 0 Å². The molecule has 1 heterocycles. The Hall–Kier alpha value is -0.0800. The van der Waals surface area contributed by atoms with Crippen LogP contribution in [0.2, 0.25) is 0 Å². The van der Waals surface area contributed by atoms with E-state index in [0.717, 1.165) is 13.2 Å². The lowest BCUT2D eigenvalue weighted by molar-refractivity contribution is -0.0818. The van der Waals surface area contributed by atoms with Crippen LogP contribution in [0.3, 0.4) is 0 Å². The fourth-order valence-electron chi connectivity index (χ4n) is 1.84. The zero-order chi connectivity index (χ0) is 9.35. The fourth-order valence-corrected chi connectivity index (χ4v) is 1.84. The molecule has 1 rings (SSSR count). The van der Waals surface area contributed by atoms with Crippen LogP contribution in [-0.4, -0.2) is 35.7 Å². The highest BCUT2D eigenvalue weighted by atomic mass is 16.5. The first-order chi connectivity index (χ1) is 5.41. The molecule has 0 bridgehead atoms. The number of rotatable bonds is 0. The largest absolute Gasteiger partial charge is 0.376 e. The van der Waals surface area contributed by atoms with Crippen molar-refractivity contribution >= 4 is 0 Å². The van der Waals surface area contributed by atoms with Crippen LogP contribution in [0, 0.1) is 0 Å². The SMILES string of the molecule is CC1CN(C(C)(C)C)C(C)CO1. The molecule has 1 aliphatic heterocycles. The van der Waals surface area contributed by atoms with Gasteiger partial charge in [0.05, 0.1) is 12.7 Å². The Balaban J connectivity index is 2.61. The summed E-state index contributed by atoms with van der Waals surface area (Å²) in [5.41, 5.74) is 0.275. The summed E-state index contributed by atoms with van der Waals surface area (Å²) >= 11 is 0. The molecule has 0 aromatic rings. The maximum Gasteiger partial charge on any atom is 0.0675 e. The lowest BCUT2D eigenvalue weighted by Gasteiger charge is -2.45. The summed E-state index contributed by atoms with van der Waals surface area (Å²) in [5, 5.41) is 0. The average Bonchev–Trinajstić information content (AvgIpc) is 1.92. The van der Waals surface area contributed by atoms with Gasteiger partial charge in [0, 0.05) is 18.1 Å². The fraction of sp³-hybridized carbons (Fsp3) is 1.00. The van der Waals surface area contributed by atoms with Gasteiger partial charge in [-0.1, -0.05) is 0 Å². The van der Waals surface area contributed by atoms with Crippen molar-refractivity contribution in [3.63, 3.8) is 0 Å². The Morgan fingerprint density at radius 1 is 1.25 bits per heavy atom. The van der Waals surface area contributed by atoms with E-state index in [1.54, 1.807) is 0 Å². The molecule has 1 saturated heterocycles. The summed E-state index contributed by atoms with van der Waals surface area (Å²) in [6.07, 6.45) is 0.389. The first-order valence-corrected chi connectivity index (χ1v) is 4.79. The summed E-state index contributed by atoms with van der Waals surface area (Å²) in [4.78, 5) is 2.52. The van der Waals surface area contributed by atoms with Crippen LogP contribution in [0.4, 0.5) is 0 Å². The Bertz CT molecular complexity index is 150. The van der Waals surface area contributed by atoms with Gasteiger partial charge in [-0.2, -0.15) is 0 Å². The molecule has 1 fully saturated rings. The van der Waals surface area contributed by atoms with E-state index >= 15 is 0 Å². The highest BCUT2D eigenvalue weighted by Gasteiger charge is 2.31. The van der Waals surface area contributed by atoms with Crippen LogP contribution in [0.5, 0.6) is 0 Å². The molecule has 0 N–H and O–H groups in total. The monoisotopic (exact) mass is 171 g/mol. The third-order valence-electron chi connectivity index (χ3n) is 2.47. The molecule has 72 valence electrons. The smallest absolute Gasteiger partial charge is 0.0675 e. The van der Waals surface area contributed by atoms with E-state index in [4.69, 9.17) is 4.74 Å². The molecule has 0 aliphatic carbocycles. The number of ether oxygens (including phenoxy) is 1. The summed E-state index contributed by atoms with van der Waals surface area (Å²) in [7, 11) is 0. The molecule has 0 radical (unpaired) electrons. The number of morpholine rings is 1. The van der Waals surface area contributed by atoms with Crippen molar-refractivity contribution in [2.75, 3.05) is 13.2 Å². The predicted molar refractivity (Wildman–Crippen MR) is 51.3 cm³/mol. The second kappa shape index (κ2) is 3.35. The highest BCUT2D eigenvalue weighted by molar-refractivity contribution is 4.85. The molecule has 2 nitrogen and oxygen atoms in total. The second-order valence-electron chi connectivity index (χ2n) is 4.82. The molecule has 1 aliphatic rings. The normalized spacial score (nSPS) is 33.8. The standard InChI is InChI=1S/C10H21NO/c1-8-7-12-9(2)6-11(8)10(3,4)5/h8-9H,6-7H2,1-5H3. The third kappa shape index (κ3) is 2.20. The van der Waals surface area contributed by atoms with Crippen molar-refractivity contribution < 1.29 is 4.74 Å². The Morgan fingerprint density at radius 3 is 2.25 bits per heavy atom. The van der Waals surface area contributed by atoms with E-state index in [9.17, 15) is 0 Å². The first kappa shape index (κ1) is 10.0. The topological polar surface area (TPSA) is 12.5 Å². The van der Waals surface area contributed by atoms with Crippen LogP contribution in [0.15, 0.2) is 0 Å². The minimum absolute atomic E-state index is 0.275. The summed E-state index contributed by atoms with van der Waals surface area (Å²) in [5.74, 6) is 0. The van der Waals surface area contributed by atoms with Gasteiger partial charge in [0.25, 0.3) is 0 Å². The van der Waals surface area contributed by atoms with Gasteiger partial charge in [0.1, 0.15) is 0 Å². The van der Waals surface area contributed by atoms with Gasteiger partial charge in [-0.05, 0) is 34.6 Å². The minimum atomic E-state index is 0.275. The quantitative estimate of drug-likeness (QED) is 0.552. The number of hydrogen-bond acceptors (Lipinski definition) is 2. The van der Waals surface area contributed by atoms with Crippen molar-refractivity contribution in [2.24, 2.45) is 0 Å². The molecule has 2 unspecified atom stereocenters. The molecule has 0 spiro atoms. The summed E-state index contributed by atoms with van der Waals surface area (Å²) in [6.45, 7) is 13.1. The van der Waals surface area contributed by atoms with Gasteiger partial charge in [0.15, 0.2) is 0 Å². The molecule has 0 amide bonds. The van der Waals surface area contributed by atoms with Gasteiger partial charge in [-0.25, -0.2) is 0 Å². The third-order valence-corrected chi connectivity index (χ3v) is 2.47. The van der Waals surface area contributed by atoms with Crippen molar-refractivity contribution in [1.29, 1.82) is 0 Å². The zero-order valence-electron chi connectivity index (χ0n) is 8.92. The first-order valence-electron chi connectivity index (χ1n) is 4.79. The maximum atomic E-state index is 5.57. The van der Waals surface area contributed by atoms with Gasteiger partial charge in [0.2, 0.25) is 0 Å². The Kier molecular flexibility index (Phi) is 2.79. The summed E-state index contributed by atoms with van der Waals surface area (Å²) in [6, 6.07) is 0.557. The molecular weight excluding hydrogens is 150 g/mol. The van der Waals surface area contributed by atoms with E-state index in [-0.39, 0.29) is 5.54 Å². The minimum Gasteiger partial charge on any atom is -0.376 e. The van der Waals surface area contributed by atoms with E-state index in [2.05, 4.69) is 39.5 Å². The van der Waals surface area contributed by atoms with Crippen LogP contribution in [0.1, 0.15) is 34.6 Å². The Labute approximate surface area is 75.9 Å². The van der Waals surface area contributed by atoms with Crippen LogP contribution in [-0.2, 0) is 4.74 Å². The van der Waals surface area contributed by atoms with Crippen LogP contribution >= 0.6 is 0 Å². The average molecular weight is 171 g/mol. The van der Waals surface area contributed by atoms with Crippen molar-refractivity contribution in [3.05, 3.63) is 0 Å². The van der Waals surface area contributed by atoms with Crippen LogP contribution in [0.25, 0.3) is 0 Å². The molecule has 0 aromatic carbocycles. The van der Waals surface area contributed by atoms with Crippen molar-refractivity contribution in [3.8, 4) is 0 Å². The lowest BCUT2D eigenvalue weighted by Crippen LogP contribution is -2.55. The number of hydrogen-bond donors (Lipinski definition) is 0. The zero-order valence-corrected chi connectivity index (χ0v) is 8.92. The molecule has 2 heteroatoms. The lowest BCUT2D eigenvalue weighted by atomic mass is 10.0. The van der Waals surface area contributed by atoms with Crippen molar-refractivity contribution in [1.82, 2.24) is 4.90 Å². The van der Waals surface area contributed by atoms with E-state index in [1.165, 1.54) is 0 Å². The molecule has 2 atom stereocenters. The van der Waals surface area contributed by atoms with Gasteiger partial charge >= 0.3 is 0 Å². The second-order valence-corrected chi connectivity index (χ2v) is 4.82. The highest BCUT2D eigenvalue weighted by Crippen LogP contribution is 2.21. The van der Waals surface area contributed by atoms with Gasteiger partial charge in [-0.3, -0.25) is 4.90 Å². The predicted octanol–water partition coefficient (Wildman–Crippen LogP) is 1.89. The Morgan fingerprint density at radius 2 is 1.83 bits per heavy atom. The van der Waals surface area contributed by atoms with Gasteiger partial charge in [-0.15, -0.1) is 0 Å². The molecular formula is C10H21NO. The molecule has 12 heavy (non-hydrogen) atoms. The van der Waals surface area contributed by atoms with Gasteiger partial charge < -0.3 is 4.74 Å². The van der Waals surface area contributed by atoms with E-state index in [0.29, 0.717) is 12.1 Å². The summed E-state index contributed by atoms with van der Waals surface area (Å²) < 4.78 is 5.57. The van der Waals surface area contributed by atoms with Crippen LogP contribution < -0.4 is 0 Å². The van der Waals surface area contributed by atoms with E-state index < -0.39 is 0 Å².